The summed E-state index contributed by atoms with van der Waals surface area (Å²) in [4.78, 5) is 25.0. The van der Waals surface area contributed by atoms with E-state index in [4.69, 9.17) is 16.7 Å². The molecule has 1 saturated carbocycles. The molecule has 1 fully saturated rings. The molecule has 1 N–H and O–H groups in total. The van der Waals surface area contributed by atoms with Gasteiger partial charge < -0.3 is 10.0 Å². The quantitative estimate of drug-likeness (QED) is 0.911. The van der Waals surface area contributed by atoms with Crippen LogP contribution in [0.1, 0.15) is 30.1 Å². The van der Waals surface area contributed by atoms with Crippen LogP contribution in [0.25, 0.3) is 0 Å². The first-order valence-electron chi connectivity index (χ1n) is 5.92. The topological polar surface area (TPSA) is 57.6 Å². The van der Waals surface area contributed by atoms with E-state index in [0.29, 0.717) is 15.1 Å². The number of carboxylic acid groups (broad SMARTS) is 1. The molecule has 0 aromatic heterocycles. The van der Waals surface area contributed by atoms with Crippen LogP contribution < -0.4 is 0 Å². The Balaban J connectivity index is 2.28. The summed E-state index contributed by atoms with van der Waals surface area (Å²) in [6.45, 7) is 1.53. The highest BCUT2D eigenvalue weighted by Gasteiger charge is 2.38. The van der Waals surface area contributed by atoms with Crippen molar-refractivity contribution in [1.29, 1.82) is 0 Å². The Kier molecular flexibility index (Phi) is 4.16. The van der Waals surface area contributed by atoms with E-state index < -0.39 is 12.0 Å². The maximum Gasteiger partial charge on any atom is 0.326 e. The molecule has 0 saturated heterocycles. The minimum atomic E-state index is -0.992. The van der Waals surface area contributed by atoms with E-state index >= 15 is 0 Å². The highest BCUT2D eigenvalue weighted by atomic mass is 79.9. The molecule has 19 heavy (non-hydrogen) atoms. The Morgan fingerprint density at radius 1 is 1.47 bits per heavy atom. The Morgan fingerprint density at radius 3 is 2.58 bits per heavy atom. The molecule has 6 heteroatoms. The molecule has 1 aromatic carbocycles. The fourth-order valence-corrected chi connectivity index (χ4v) is 2.40. The van der Waals surface area contributed by atoms with Gasteiger partial charge in [0.1, 0.15) is 6.04 Å². The summed E-state index contributed by atoms with van der Waals surface area (Å²) >= 11 is 9.15. The Bertz CT molecular complexity index is 531. The van der Waals surface area contributed by atoms with E-state index in [2.05, 4.69) is 15.9 Å². The molecule has 0 bridgehead atoms. The lowest BCUT2D eigenvalue weighted by Gasteiger charge is -2.26. The van der Waals surface area contributed by atoms with Crippen LogP contribution in [-0.2, 0) is 4.79 Å². The number of carboxylic acids is 1. The molecule has 1 atom stereocenters. The number of hydrogen-bond donors (Lipinski definition) is 1. The Labute approximate surface area is 124 Å². The van der Waals surface area contributed by atoms with Gasteiger partial charge in [-0.2, -0.15) is 0 Å². The summed E-state index contributed by atoms with van der Waals surface area (Å²) in [5.41, 5.74) is 0.441. The van der Waals surface area contributed by atoms with Crippen LogP contribution >= 0.6 is 27.5 Å². The lowest BCUT2D eigenvalue weighted by atomic mass is 10.1. The number of carbonyl (C=O) groups is 2. The predicted octanol–water partition coefficient (Wildman–Crippen LogP) is 3.18. The molecule has 0 radical (unpaired) electrons. The zero-order valence-electron chi connectivity index (χ0n) is 10.3. The van der Waals surface area contributed by atoms with E-state index in [0.717, 1.165) is 12.8 Å². The SMILES string of the molecule is CC(C(=O)O)N(C(=O)c1ccc(Cl)c(Br)c1)C1CC1. The van der Waals surface area contributed by atoms with Crippen molar-refractivity contribution in [2.24, 2.45) is 0 Å². The van der Waals surface area contributed by atoms with Gasteiger partial charge in [0.25, 0.3) is 5.91 Å². The third kappa shape index (κ3) is 3.09. The minimum Gasteiger partial charge on any atom is -0.480 e. The van der Waals surface area contributed by atoms with Crippen molar-refractivity contribution in [3.63, 3.8) is 0 Å². The number of halogens is 2. The van der Waals surface area contributed by atoms with E-state index in [9.17, 15) is 9.59 Å². The second kappa shape index (κ2) is 5.51. The van der Waals surface area contributed by atoms with Gasteiger partial charge in [-0.15, -0.1) is 0 Å². The molecule has 1 aliphatic rings. The summed E-state index contributed by atoms with van der Waals surface area (Å²) in [5.74, 6) is -1.26. The van der Waals surface area contributed by atoms with E-state index in [1.807, 2.05) is 0 Å². The lowest BCUT2D eigenvalue weighted by Crippen LogP contribution is -2.44. The Morgan fingerprint density at radius 2 is 2.11 bits per heavy atom. The maximum atomic E-state index is 12.4. The van der Waals surface area contributed by atoms with Crippen LogP contribution in [0.5, 0.6) is 0 Å². The van der Waals surface area contributed by atoms with Gasteiger partial charge in [-0.1, -0.05) is 11.6 Å². The molecule has 2 rings (SSSR count). The second-order valence-corrected chi connectivity index (χ2v) is 5.85. The van der Waals surface area contributed by atoms with Crippen LogP contribution in [0.4, 0.5) is 0 Å². The molecule has 1 aromatic rings. The Hall–Kier alpha value is -1.07. The standard InChI is InChI=1S/C13H13BrClNO3/c1-7(13(18)19)16(9-3-4-9)12(17)8-2-5-11(15)10(14)6-8/h2,5-7,9H,3-4H2,1H3,(H,18,19). The van der Waals surface area contributed by atoms with Crippen molar-refractivity contribution in [3.05, 3.63) is 33.3 Å². The van der Waals surface area contributed by atoms with Gasteiger partial charge in [-0.05, 0) is 53.9 Å². The third-order valence-corrected chi connectivity index (χ3v) is 4.33. The van der Waals surface area contributed by atoms with Crippen LogP contribution in [0.15, 0.2) is 22.7 Å². The average Bonchev–Trinajstić information content (AvgIpc) is 3.17. The molecule has 1 aliphatic carbocycles. The van der Waals surface area contributed by atoms with Gasteiger partial charge in [-0.25, -0.2) is 4.79 Å². The molecule has 102 valence electrons. The molecular weight excluding hydrogens is 334 g/mol. The summed E-state index contributed by atoms with van der Waals surface area (Å²) in [5, 5.41) is 9.61. The fourth-order valence-electron chi connectivity index (χ4n) is 1.91. The lowest BCUT2D eigenvalue weighted by molar-refractivity contribution is -0.141. The second-order valence-electron chi connectivity index (χ2n) is 4.59. The maximum absolute atomic E-state index is 12.4. The number of rotatable bonds is 4. The molecular formula is C13H13BrClNO3. The zero-order valence-corrected chi connectivity index (χ0v) is 12.6. The van der Waals surface area contributed by atoms with E-state index in [1.165, 1.54) is 11.8 Å². The zero-order chi connectivity index (χ0) is 14.2. The van der Waals surface area contributed by atoms with E-state index in [1.54, 1.807) is 18.2 Å². The van der Waals surface area contributed by atoms with Gasteiger partial charge in [0.15, 0.2) is 0 Å². The summed E-state index contributed by atoms with van der Waals surface area (Å²) in [7, 11) is 0. The monoisotopic (exact) mass is 345 g/mol. The largest absolute Gasteiger partial charge is 0.480 e. The van der Waals surface area contributed by atoms with Crippen LogP contribution in [0.2, 0.25) is 5.02 Å². The first kappa shape index (κ1) is 14.3. The third-order valence-electron chi connectivity index (χ3n) is 3.12. The van der Waals surface area contributed by atoms with Crippen LogP contribution in [0, 0.1) is 0 Å². The van der Waals surface area contributed by atoms with Crippen molar-refractivity contribution in [3.8, 4) is 0 Å². The summed E-state index contributed by atoms with van der Waals surface area (Å²) in [6.07, 6.45) is 1.72. The number of aliphatic carboxylic acids is 1. The van der Waals surface area contributed by atoms with E-state index in [-0.39, 0.29) is 11.9 Å². The van der Waals surface area contributed by atoms with Crippen molar-refractivity contribution >= 4 is 39.4 Å². The van der Waals surface area contributed by atoms with Crippen molar-refractivity contribution < 1.29 is 14.7 Å². The number of carbonyl (C=O) groups excluding carboxylic acids is 1. The molecule has 0 heterocycles. The highest BCUT2D eigenvalue weighted by molar-refractivity contribution is 9.10. The smallest absolute Gasteiger partial charge is 0.326 e. The fraction of sp³-hybridized carbons (Fsp3) is 0.385. The molecule has 4 nitrogen and oxygen atoms in total. The molecule has 1 unspecified atom stereocenters. The van der Waals surface area contributed by atoms with Crippen LogP contribution in [0.3, 0.4) is 0 Å². The van der Waals surface area contributed by atoms with Crippen molar-refractivity contribution in [2.45, 2.75) is 31.8 Å². The number of nitrogens with zero attached hydrogens (tertiary/aromatic N) is 1. The first-order chi connectivity index (χ1) is 8.91. The normalized spacial score (nSPS) is 15.9. The minimum absolute atomic E-state index is 0.0352. The van der Waals surface area contributed by atoms with Gasteiger partial charge in [0.2, 0.25) is 0 Å². The van der Waals surface area contributed by atoms with Gasteiger partial charge >= 0.3 is 5.97 Å². The van der Waals surface area contributed by atoms with Crippen molar-refractivity contribution in [2.75, 3.05) is 0 Å². The first-order valence-corrected chi connectivity index (χ1v) is 7.09. The molecule has 1 amide bonds. The summed E-state index contributed by atoms with van der Waals surface area (Å²) in [6, 6.07) is 4.06. The van der Waals surface area contributed by atoms with Crippen LogP contribution in [-0.4, -0.2) is 34.0 Å². The average molecular weight is 347 g/mol. The van der Waals surface area contributed by atoms with Gasteiger partial charge in [0.05, 0.1) is 5.02 Å². The highest BCUT2D eigenvalue weighted by Crippen LogP contribution is 2.31. The number of benzene rings is 1. The van der Waals surface area contributed by atoms with Gasteiger partial charge in [-0.3, -0.25) is 4.79 Å². The molecule has 0 spiro atoms. The molecule has 0 aliphatic heterocycles. The van der Waals surface area contributed by atoms with Gasteiger partial charge in [0, 0.05) is 16.1 Å². The number of hydrogen-bond acceptors (Lipinski definition) is 2. The predicted molar refractivity (Wildman–Crippen MR) is 75.4 cm³/mol. The number of amides is 1. The van der Waals surface area contributed by atoms with Crippen molar-refractivity contribution in [1.82, 2.24) is 4.90 Å². The summed E-state index contributed by atoms with van der Waals surface area (Å²) < 4.78 is 0.624.